The van der Waals surface area contributed by atoms with Gasteiger partial charge in [-0.1, -0.05) is 25.5 Å². The van der Waals surface area contributed by atoms with Crippen LogP contribution in [0.1, 0.15) is 57.6 Å². The van der Waals surface area contributed by atoms with Gasteiger partial charge in [0.2, 0.25) is 0 Å². The first-order valence-electron chi connectivity index (χ1n) is 7.70. The molecule has 0 spiro atoms. The summed E-state index contributed by atoms with van der Waals surface area (Å²) in [4.78, 5) is 2.46. The van der Waals surface area contributed by atoms with Gasteiger partial charge < -0.3 is 10.6 Å². The molecule has 1 saturated carbocycles. The second-order valence-corrected chi connectivity index (χ2v) is 6.07. The van der Waals surface area contributed by atoms with Gasteiger partial charge in [0.25, 0.3) is 0 Å². The first-order valence-corrected chi connectivity index (χ1v) is 7.70. The van der Waals surface area contributed by atoms with E-state index in [-0.39, 0.29) is 6.04 Å². The molecule has 0 aliphatic heterocycles. The van der Waals surface area contributed by atoms with Gasteiger partial charge in [-0.15, -0.1) is 0 Å². The summed E-state index contributed by atoms with van der Waals surface area (Å²) in [5.74, 6) is 0.963. The van der Waals surface area contributed by atoms with E-state index < -0.39 is 0 Å². The summed E-state index contributed by atoms with van der Waals surface area (Å²) in [5.41, 5.74) is 8.44. The number of nitrogens with two attached hydrogens (primary N) is 1. The Morgan fingerprint density at radius 3 is 2.21 bits per heavy atom. The summed E-state index contributed by atoms with van der Waals surface area (Å²) in [6.45, 7) is 4.35. The predicted octanol–water partition coefficient (Wildman–Crippen LogP) is 4.11. The fraction of sp³-hybridized carbons (Fsp3) is 0.647. The third kappa shape index (κ3) is 3.50. The van der Waals surface area contributed by atoms with Crippen LogP contribution in [0, 0.1) is 5.92 Å². The van der Waals surface area contributed by atoms with Crippen molar-refractivity contribution in [2.45, 2.75) is 58.0 Å². The third-order valence-electron chi connectivity index (χ3n) is 4.77. The average Bonchev–Trinajstić information content (AvgIpc) is 2.46. The molecule has 106 valence electrons. The number of hydrogen-bond acceptors (Lipinski definition) is 2. The summed E-state index contributed by atoms with van der Waals surface area (Å²) in [6.07, 6.45) is 6.81. The Morgan fingerprint density at radius 1 is 1.16 bits per heavy atom. The van der Waals surface area contributed by atoms with Crippen LogP contribution in [0.25, 0.3) is 0 Å². The SMILES string of the molecule is CCC1CCC(N(C)c2ccc([C@H](C)N)cc2)CC1. The standard InChI is InChI=1S/C17H28N2/c1-4-14-5-9-16(10-6-14)19(3)17-11-7-15(8-12-17)13(2)18/h7-8,11-14,16H,4-6,9-10,18H2,1-3H3/t13-,14?,16?/m0/s1. The van der Waals surface area contributed by atoms with Crippen molar-refractivity contribution < 1.29 is 0 Å². The number of anilines is 1. The third-order valence-corrected chi connectivity index (χ3v) is 4.77. The number of benzene rings is 1. The second kappa shape index (κ2) is 6.42. The van der Waals surface area contributed by atoms with E-state index in [1.54, 1.807) is 0 Å². The monoisotopic (exact) mass is 260 g/mol. The zero-order valence-electron chi connectivity index (χ0n) is 12.6. The molecule has 1 fully saturated rings. The van der Waals surface area contributed by atoms with Crippen LogP contribution in [0.2, 0.25) is 0 Å². The first-order chi connectivity index (χ1) is 9.11. The normalized spacial score (nSPS) is 25.1. The Labute approximate surface area is 118 Å². The van der Waals surface area contributed by atoms with Crippen LogP contribution >= 0.6 is 0 Å². The first kappa shape index (κ1) is 14.4. The van der Waals surface area contributed by atoms with E-state index in [2.05, 4.69) is 43.1 Å². The average molecular weight is 260 g/mol. The van der Waals surface area contributed by atoms with E-state index in [0.29, 0.717) is 6.04 Å². The summed E-state index contributed by atoms with van der Waals surface area (Å²) >= 11 is 0. The highest BCUT2D eigenvalue weighted by molar-refractivity contribution is 5.48. The zero-order valence-corrected chi connectivity index (χ0v) is 12.6. The van der Waals surface area contributed by atoms with E-state index in [0.717, 1.165) is 5.92 Å². The highest BCUT2D eigenvalue weighted by atomic mass is 15.1. The van der Waals surface area contributed by atoms with Gasteiger partial charge in [-0.2, -0.15) is 0 Å². The molecule has 0 amide bonds. The quantitative estimate of drug-likeness (QED) is 0.882. The maximum Gasteiger partial charge on any atom is 0.0366 e. The molecule has 2 nitrogen and oxygen atoms in total. The minimum atomic E-state index is 0.124. The van der Waals surface area contributed by atoms with Crippen molar-refractivity contribution >= 4 is 5.69 Å². The maximum absolute atomic E-state index is 5.90. The zero-order chi connectivity index (χ0) is 13.8. The summed E-state index contributed by atoms with van der Waals surface area (Å²) in [7, 11) is 2.23. The number of hydrogen-bond donors (Lipinski definition) is 1. The number of nitrogens with zero attached hydrogens (tertiary/aromatic N) is 1. The van der Waals surface area contributed by atoms with E-state index in [4.69, 9.17) is 5.73 Å². The highest BCUT2D eigenvalue weighted by Gasteiger charge is 2.23. The van der Waals surface area contributed by atoms with Gasteiger partial charge in [0.05, 0.1) is 0 Å². The molecule has 2 heteroatoms. The van der Waals surface area contributed by atoms with Crippen molar-refractivity contribution in [1.82, 2.24) is 0 Å². The van der Waals surface area contributed by atoms with Crippen LogP contribution in [-0.4, -0.2) is 13.1 Å². The Kier molecular flexibility index (Phi) is 4.87. The molecule has 19 heavy (non-hydrogen) atoms. The van der Waals surface area contributed by atoms with Crippen molar-refractivity contribution in [3.05, 3.63) is 29.8 Å². The van der Waals surface area contributed by atoms with E-state index in [1.807, 2.05) is 6.92 Å². The Bertz CT molecular complexity index is 375. The van der Waals surface area contributed by atoms with Crippen molar-refractivity contribution in [3.8, 4) is 0 Å². The minimum absolute atomic E-state index is 0.124. The lowest BCUT2D eigenvalue weighted by molar-refractivity contribution is 0.313. The molecule has 1 aromatic rings. The van der Waals surface area contributed by atoms with Gasteiger partial charge in [0.1, 0.15) is 0 Å². The molecule has 2 N–H and O–H groups in total. The molecular formula is C17H28N2. The van der Waals surface area contributed by atoms with Crippen LogP contribution in [-0.2, 0) is 0 Å². The fourth-order valence-corrected chi connectivity index (χ4v) is 3.16. The summed E-state index contributed by atoms with van der Waals surface area (Å²) in [5, 5.41) is 0. The molecule has 2 rings (SSSR count). The van der Waals surface area contributed by atoms with Crippen molar-refractivity contribution in [2.24, 2.45) is 11.7 Å². The Balaban J connectivity index is 1.97. The van der Waals surface area contributed by atoms with Crippen LogP contribution in [0.15, 0.2) is 24.3 Å². The highest BCUT2D eigenvalue weighted by Crippen LogP contribution is 2.31. The Morgan fingerprint density at radius 2 is 1.74 bits per heavy atom. The van der Waals surface area contributed by atoms with Gasteiger partial charge in [0.15, 0.2) is 0 Å². The summed E-state index contributed by atoms with van der Waals surface area (Å²) < 4.78 is 0. The van der Waals surface area contributed by atoms with E-state index >= 15 is 0 Å². The van der Waals surface area contributed by atoms with E-state index in [1.165, 1.54) is 43.4 Å². The molecule has 1 aromatic carbocycles. The number of rotatable bonds is 4. The van der Waals surface area contributed by atoms with Crippen LogP contribution < -0.4 is 10.6 Å². The molecule has 0 saturated heterocycles. The molecule has 0 unspecified atom stereocenters. The largest absolute Gasteiger partial charge is 0.372 e. The van der Waals surface area contributed by atoms with Crippen LogP contribution in [0.3, 0.4) is 0 Å². The molecule has 0 aromatic heterocycles. The van der Waals surface area contributed by atoms with E-state index in [9.17, 15) is 0 Å². The van der Waals surface area contributed by atoms with Crippen molar-refractivity contribution in [2.75, 3.05) is 11.9 Å². The van der Waals surface area contributed by atoms with Gasteiger partial charge in [-0.3, -0.25) is 0 Å². The molecule has 0 bridgehead atoms. The van der Waals surface area contributed by atoms with Gasteiger partial charge in [0, 0.05) is 24.8 Å². The Hall–Kier alpha value is -1.02. The lowest BCUT2D eigenvalue weighted by Gasteiger charge is -2.36. The van der Waals surface area contributed by atoms with Crippen molar-refractivity contribution in [3.63, 3.8) is 0 Å². The molecule has 1 aliphatic rings. The van der Waals surface area contributed by atoms with Crippen LogP contribution in [0.5, 0.6) is 0 Å². The van der Waals surface area contributed by atoms with Gasteiger partial charge >= 0.3 is 0 Å². The topological polar surface area (TPSA) is 29.3 Å². The molecular weight excluding hydrogens is 232 g/mol. The maximum atomic E-state index is 5.90. The summed E-state index contributed by atoms with van der Waals surface area (Å²) in [6, 6.07) is 9.58. The van der Waals surface area contributed by atoms with Crippen molar-refractivity contribution in [1.29, 1.82) is 0 Å². The molecule has 0 heterocycles. The molecule has 1 aliphatic carbocycles. The van der Waals surface area contributed by atoms with Gasteiger partial charge in [-0.05, 0) is 56.2 Å². The van der Waals surface area contributed by atoms with Crippen LogP contribution in [0.4, 0.5) is 5.69 Å². The second-order valence-electron chi connectivity index (χ2n) is 6.07. The minimum Gasteiger partial charge on any atom is -0.372 e. The molecule has 1 atom stereocenters. The van der Waals surface area contributed by atoms with Gasteiger partial charge in [-0.25, -0.2) is 0 Å². The lowest BCUT2D eigenvalue weighted by Crippen LogP contribution is -2.35. The molecule has 0 radical (unpaired) electrons. The predicted molar refractivity (Wildman–Crippen MR) is 83.5 cm³/mol. The fourth-order valence-electron chi connectivity index (χ4n) is 3.16. The lowest BCUT2D eigenvalue weighted by atomic mass is 9.84. The smallest absolute Gasteiger partial charge is 0.0366 e.